The minimum Gasteiger partial charge on any atom is -0.303 e. The summed E-state index contributed by atoms with van der Waals surface area (Å²) in [7, 11) is 0. The van der Waals surface area contributed by atoms with Crippen molar-refractivity contribution in [2.24, 2.45) is 0 Å². The van der Waals surface area contributed by atoms with Gasteiger partial charge in [-0.25, -0.2) is 0 Å². The zero-order chi connectivity index (χ0) is 11.5. The Bertz CT molecular complexity index is 438. The SMILES string of the molecule is CC(NC(C)c1cc(Br)cs1)c1cn[nH]c1. The van der Waals surface area contributed by atoms with Crippen molar-refractivity contribution in [3.63, 3.8) is 0 Å². The van der Waals surface area contributed by atoms with Gasteiger partial charge in [0.05, 0.1) is 6.20 Å². The summed E-state index contributed by atoms with van der Waals surface area (Å²) >= 11 is 5.24. The molecule has 2 rings (SSSR count). The largest absolute Gasteiger partial charge is 0.303 e. The number of hydrogen-bond donors (Lipinski definition) is 2. The molecule has 0 spiro atoms. The maximum atomic E-state index is 3.96. The Morgan fingerprint density at radius 2 is 2.25 bits per heavy atom. The number of aromatic nitrogens is 2. The van der Waals surface area contributed by atoms with Gasteiger partial charge in [0.15, 0.2) is 0 Å². The summed E-state index contributed by atoms with van der Waals surface area (Å²) in [6, 6.07) is 2.81. The molecule has 0 aliphatic carbocycles. The van der Waals surface area contributed by atoms with Crippen molar-refractivity contribution in [2.75, 3.05) is 0 Å². The van der Waals surface area contributed by atoms with Crippen molar-refractivity contribution in [3.05, 3.63) is 38.8 Å². The highest BCUT2D eigenvalue weighted by Gasteiger charge is 2.13. The van der Waals surface area contributed by atoms with Gasteiger partial charge < -0.3 is 5.32 Å². The number of thiophene rings is 1. The maximum absolute atomic E-state index is 3.96. The second kappa shape index (κ2) is 5.12. The molecule has 0 aliphatic heterocycles. The normalized spacial score (nSPS) is 14.9. The molecule has 0 aliphatic rings. The van der Waals surface area contributed by atoms with Crippen LogP contribution < -0.4 is 5.32 Å². The van der Waals surface area contributed by atoms with E-state index >= 15 is 0 Å². The topological polar surface area (TPSA) is 40.7 Å². The highest BCUT2D eigenvalue weighted by atomic mass is 79.9. The standard InChI is InChI=1S/C11H14BrN3S/c1-7(9-4-13-14-5-9)15-8(2)11-3-10(12)6-16-11/h3-8,15H,1-2H3,(H,13,14). The predicted molar refractivity (Wildman–Crippen MR) is 70.6 cm³/mol. The molecular formula is C11H14BrN3S. The van der Waals surface area contributed by atoms with Crippen LogP contribution in [0, 0.1) is 0 Å². The maximum Gasteiger partial charge on any atom is 0.0534 e. The van der Waals surface area contributed by atoms with Gasteiger partial charge >= 0.3 is 0 Å². The van der Waals surface area contributed by atoms with Gasteiger partial charge in [0.25, 0.3) is 0 Å². The number of hydrogen-bond acceptors (Lipinski definition) is 3. The lowest BCUT2D eigenvalue weighted by Crippen LogP contribution is -2.21. The fraction of sp³-hybridized carbons (Fsp3) is 0.364. The minimum atomic E-state index is 0.301. The summed E-state index contributed by atoms with van der Waals surface area (Å²) < 4.78 is 1.15. The Balaban J connectivity index is 2.00. The van der Waals surface area contributed by atoms with Gasteiger partial charge in [-0.15, -0.1) is 11.3 Å². The molecule has 2 unspecified atom stereocenters. The number of rotatable bonds is 4. The van der Waals surface area contributed by atoms with E-state index in [0.29, 0.717) is 12.1 Å². The van der Waals surface area contributed by atoms with E-state index in [2.05, 4.69) is 56.7 Å². The molecule has 2 N–H and O–H groups in total. The van der Waals surface area contributed by atoms with Crippen LogP contribution >= 0.6 is 27.3 Å². The molecule has 0 saturated heterocycles. The van der Waals surface area contributed by atoms with Gasteiger partial charge in [0.2, 0.25) is 0 Å². The van der Waals surface area contributed by atoms with E-state index in [9.17, 15) is 0 Å². The molecule has 2 aromatic heterocycles. The van der Waals surface area contributed by atoms with Crippen LogP contribution in [-0.4, -0.2) is 10.2 Å². The molecule has 2 atom stereocenters. The van der Waals surface area contributed by atoms with Gasteiger partial charge in [0, 0.05) is 38.6 Å². The molecule has 3 nitrogen and oxygen atoms in total. The number of nitrogens with zero attached hydrogens (tertiary/aromatic N) is 1. The van der Waals surface area contributed by atoms with Gasteiger partial charge in [-0.1, -0.05) is 0 Å². The van der Waals surface area contributed by atoms with Crippen LogP contribution in [0.1, 0.15) is 36.4 Å². The number of H-pyrrole nitrogens is 1. The first-order chi connectivity index (χ1) is 7.66. The van der Waals surface area contributed by atoms with E-state index in [0.717, 1.165) is 4.47 Å². The van der Waals surface area contributed by atoms with Gasteiger partial charge in [-0.2, -0.15) is 5.10 Å². The summed E-state index contributed by atoms with van der Waals surface area (Å²) in [6.07, 6.45) is 3.78. The molecule has 0 saturated carbocycles. The Morgan fingerprint density at radius 3 is 2.81 bits per heavy atom. The highest BCUT2D eigenvalue weighted by Crippen LogP contribution is 2.27. The first-order valence-electron chi connectivity index (χ1n) is 5.15. The van der Waals surface area contributed by atoms with Crippen molar-refractivity contribution in [1.29, 1.82) is 0 Å². The summed E-state index contributed by atoms with van der Waals surface area (Å²) in [5.41, 5.74) is 1.18. The van der Waals surface area contributed by atoms with Gasteiger partial charge in [-0.3, -0.25) is 5.10 Å². The van der Waals surface area contributed by atoms with E-state index in [1.54, 1.807) is 11.3 Å². The van der Waals surface area contributed by atoms with Crippen molar-refractivity contribution in [3.8, 4) is 0 Å². The van der Waals surface area contributed by atoms with Crippen LogP contribution in [0.5, 0.6) is 0 Å². The molecule has 16 heavy (non-hydrogen) atoms. The molecule has 86 valence electrons. The van der Waals surface area contributed by atoms with E-state index in [1.165, 1.54) is 10.4 Å². The molecule has 0 bridgehead atoms. The molecule has 0 radical (unpaired) electrons. The third-order valence-electron chi connectivity index (χ3n) is 2.53. The number of nitrogens with one attached hydrogen (secondary N) is 2. The number of aromatic amines is 1. The monoisotopic (exact) mass is 299 g/mol. The summed E-state index contributed by atoms with van der Waals surface area (Å²) in [5.74, 6) is 0. The zero-order valence-electron chi connectivity index (χ0n) is 9.20. The smallest absolute Gasteiger partial charge is 0.0534 e. The van der Waals surface area contributed by atoms with Gasteiger partial charge in [-0.05, 0) is 35.8 Å². The third kappa shape index (κ3) is 2.72. The van der Waals surface area contributed by atoms with E-state index in [-0.39, 0.29) is 0 Å². The van der Waals surface area contributed by atoms with Crippen LogP contribution in [0.2, 0.25) is 0 Å². The average Bonchev–Trinajstić information content (AvgIpc) is 2.87. The fourth-order valence-corrected chi connectivity index (χ4v) is 3.07. The van der Waals surface area contributed by atoms with Crippen molar-refractivity contribution in [1.82, 2.24) is 15.5 Å². The van der Waals surface area contributed by atoms with Crippen molar-refractivity contribution in [2.45, 2.75) is 25.9 Å². The van der Waals surface area contributed by atoms with Crippen LogP contribution in [-0.2, 0) is 0 Å². The molecule has 2 heterocycles. The first kappa shape index (κ1) is 11.8. The van der Waals surface area contributed by atoms with E-state index in [1.807, 2.05) is 12.4 Å². The number of halogens is 1. The van der Waals surface area contributed by atoms with Crippen molar-refractivity contribution >= 4 is 27.3 Å². The zero-order valence-corrected chi connectivity index (χ0v) is 11.6. The summed E-state index contributed by atoms with van der Waals surface area (Å²) in [6.45, 7) is 4.32. The van der Waals surface area contributed by atoms with Crippen molar-refractivity contribution < 1.29 is 0 Å². The Morgan fingerprint density at radius 1 is 1.44 bits per heavy atom. The molecule has 0 fully saturated rings. The minimum absolute atomic E-state index is 0.301. The summed E-state index contributed by atoms with van der Waals surface area (Å²) in [5, 5.41) is 12.4. The molecule has 0 amide bonds. The molecule has 0 aromatic carbocycles. The summed E-state index contributed by atoms with van der Waals surface area (Å²) in [4.78, 5) is 1.34. The van der Waals surface area contributed by atoms with E-state index in [4.69, 9.17) is 0 Å². The lowest BCUT2D eigenvalue weighted by atomic mass is 10.1. The second-order valence-electron chi connectivity index (χ2n) is 3.81. The Hall–Kier alpha value is -0.650. The quantitative estimate of drug-likeness (QED) is 0.905. The van der Waals surface area contributed by atoms with E-state index < -0.39 is 0 Å². The Kier molecular flexibility index (Phi) is 3.78. The van der Waals surface area contributed by atoms with Crippen LogP contribution in [0.25, 0.3) is 0 Å². The first-order valence-corrected chi connectivity index (χ1v) is 6.82. The average molecular weight is 300 g/mol. The lowest BCUT2D eigenvalue weighted by molar-refractivity contribution is 0.500. The van der Waals surface area contributed by atoms with Crippen LogP contribution in [0.4, 0.5) is 0 Å². The highest BCUT2D eigenvalue weighted by molar-refractivity contribution is 9.10. The fourth-order valence-electron chi connectivity index (χ4n) is 1.61. The van der Waals surface area contributed by atoms with Crippen LogP contribution in [0.15, 0.2) is 28.3 Å². The molecule has 2 aromatic rings. The van der Waals surface area contributed by atoms with Gasteiger partial charge in [0.1, 0.15) is 0 Å². The second-order valence-corrected chi connectivity index (χ2v) is 5.67. The third-order valence-corrected chi connectivity index (χ3v) is 4.41. The predicted octanol–water partition coefficient (Wildman–Crippen LogP) is 3.65. The van der Waals surface area contributed by atoms with Crippen LogP contribution in [0.3, 0.4) is 0 Å². The molecule has 5 heteroatoms. The lowest BCUT2D eigenvalue weighted by Gasteiger charge is -2.17. The Labute approximate surface area is 107 Å². The molecular weight excluding hydrogens is 286 g/mol.